The molecular formula is C10H17BrN2O5. The Morgan fingerprint density at radius 1 is 1.22 bits per heavy atom. The molecule has 0 rings (SSSR count). The molecule has 18 heavy (non-hydrogen) atoms. The highest BCUT2D eigenvalue weighted by molar-refractivity contribution is 9.09. The number of unbranched alkanes of at least 4 members (excludes halogenated alkanes) is 1. The largest absolute Gasteiger partial charge is 0.460 e. The van der Waals surface area contributed by atoms with Gasteiger partial charge in [-0.25, -0.2) is 0 Å². The van der Waals surface area contributed by atoms with Crippen LogP contribution in [0.4, 0.5) is 0 Å². The van der Waals surface area contributed by atoms with Crippen molar-refractivity contribution in [1.82, 2.24) is 0 Å². The molecule has 0 aromatic heterocycles. The van der Waals surface area contributed by atoms with E-state index in [1.54, 1.807) is 0 Å². The van der Waals surface area contributed by atoms with Crippen molar-refractivity contribution in [3.05, 3.63) is 20.2 Å². The summed E-state index contributed by atoms with van der Waals surface area (Å²) in [4.78, 5) is 31.3. The molecule has 0 aliphatic heterocycles. The SMILES string of the molecule is CC(C)C(CCCCC(=O)CBr)([N+](=O)[O-])[N+](=O)[O-]. The van der Waals surface area contributed by atoms with Crippen LogP contribution >= 0.6 is 15.9 Å². The monoisotopic (exact) mass is 324 g/mol. The number of carbonyl (C=O) groups is 1. The van der Waals surface area contributed by atoms with E-state index < -0.39 is 21.4 Å². The summed E-state index contributed by atoms with van der Waals surface area (Å²) < 4.78 is 0. The van der Waals surface area contributed by atoms with Gasteiger partial charge in [0.25, 0.3) is 0 Å². The normalized spacial score (nSPS) is 11.6. The Kier molecular flexibility index (Phi) is 6.97. The van der Waals surface area contributed by atoms with Gasteiger partial charge in [0.05, 0.1) is 27.5 Å². The van der Waals surface area contributed by atoms with Crippen LogP contribution in [0.3, 0.4) is 0 Å². The van der Waals surface area contributed by atoms with Crippen LogP contribution in [0.15, 0.2) is 0 Å². The lowest BCUT2D eigenvalue weighted by Gasteiger charge is -2.20. The van der Waals surface area contributed by atoms with Crippen LogP contribution in [0.25, 0.3) is 0 Å². The number of alkyl halides is 1. The first kappa shape index (κ1) is 16.9. The van der Waals surface area contributed by atoms with Crippen molar-refractivity contribution in [3.8, 4) is 0 Å². The first-order valence-electron chi connectivity index (χ1n) is 5.65. The fourth-order valence-corrected chi connectivity index (χ4v) is 2.01. The van der Waals surface area contributed by atoms with E-state index in [1.807, 2.05) is 0 Å². The molecule has 7 nitrogen and oxygen atoms in total. The Hall–Kier alpha value is -1.05. The lowest BCUT2D eigenvalue weighted by Crippen LogP contribution is -2.50. The summed E-state index contributed by atoms with van der Waals surface area (Å²) >= 11 is 3.01. The summed E-state index contributed by atoms with van der Waals surface area (Å²) in [5.74, 6) is -0.707. The summed E-state index contributed by atoms with van der Waals surface area (Å²) in [7, 11) is 0. The molecular weight excluding hydrogens is 308 g/mol. The molecule has 0 aromatic rings. The first-order chi connectivity index (χ1) is 8.28. The second kappa shape index (κ2) is 7.40. The molecule has 104 valence electrons. The molecule has 0 radical (unpaired) electrons. The quantitative estimate of drug-likeness (QED) is 0.213. The zero-order valence-corrected chi connectivity index (χ0v) is 12.0. The molecule has 0 amide bonds. The maximum atomic E-state index is 11.0. The van der Waals surface area contributed by atoms with Crippen molar-refractivity contribution in [1.29, 1.82) is 0 Å². The Labute approximate surface area is 113 Å². The number of carbonyl (C=O) groups excluding carboxylic acids is 1. The van der Waals surface area contributed by atoms with E-state index >= 15 is 0 Å². The predicted octanol–water partition coefficient (Wildman–Crippen LogP) is 2.42. The molecule has 0 aliphatic rings. The zero-order valence-electron chi connectivity index (χ0n) is 10.4. The highest BCUT2D eigenvalue weighted by Crippen LogP contribution is 2.28. The fraction of sp³-hybridized carbons (Fsp3) is 0.900. The summed E-state index contributed by atoms with van der Waals surface area (Å²) in [6.45, 7) is 2.93. The summed E-state index contributed by atoms with van der Waals surface area (Å²) in [6, 6.07) is 0. The zero-order chi connectivity index (χ0) is 14.3. The van der Waals surface area contributed by atoms with E-state index in [9.17, 15) is 25.0 Å². The maximum Gasteiger partial charge on any atom is 0.460 e. The number of halogens is 1. The number of hydrogen-bond donors (Lipinski definition) is 0. The molecule has 0 unspecified atom stereocenters. The summed E-state index contributed by atoms with van der Waals surface area (Å²) in [6.07, 6.45) is 0.856. The van der Waals surface area contributed by atoms with Gasteiger partial charge in [-0.05, 0) is 26.7 Å². The van der Waals surface area contributed by atoms with Crippen molar-refractivity contribution < 1.29 is 14.6 Å². The maximum absolute atomic E-state index is 11.0. The number of nitrogens with zero attached hydrogens (tertiary/aromatic N) is 2. The van der Waals surface area contributed by atoms with Crippen molar-refractivity contribution >= 4 is 21.7 Å². The van der Waals surface area contributed by atoms with Crippen molar-refractivity contribution in [2.24, 2.45) is 5.92 Å². The van der Waals surface area contributed by atoms with Crippen LogP contribution in [0.5, 0.6) is 0 Å². The topological polar surface area (TPSA) is 103 Å². The molecule has 0 aromatic carbocycles. The van der Waals surface area contributed by atoms with Gasteiger partial charge >= 0.3 is 5.66 Å². The third-order valence-electron chi connectivity index (χ3n) is 2.96. The predicted molar refractivity (Wildman–Crippen MR) is 68.8 cm³/mol. The van der Waals surface area contributed by atoms with Gasteiger partial charge in [-0.1, -0.05) is 15.9 Å². The molecule has 0 heterocycles. The highest BCUT2D eigenvalue weighted by Gasteiger charge is 2.58. The number of ketones is 1. The van der Waals surface area contributed by atoms with E-state index in [1.165, 1.54) is 13.8 Å². The molecule has 0 fully saturated rings. The smallest absolute Gasteiger partial charge is 0.299 e. The summed E-state index contributed by atoms with van der Waals surface area (Å²) in [5, 5.41) is 22.2. The second-order valence-electron chi connectivity index (χ2n) is 4.43. The summed E-state index contributed by atoms with van der Waals surface area (Å²) in [5.41, 5.74) is -2.14. The molecule has 0 N–H and O–H groups in total. The number of rotatable bonds is 9. The Balaban J connectivity index is 4.58. The molecule has 0 spiro atoms. The van der Waals surface area contributed by atoms with E-state index in [4.69, 9.17) is 0 Å². The van der Waals surface area contributed by atoms with E-state index in [0.29, 0.717) is 12.8 Å². The molecule has 0 aliphatic carbocycles. The Morgan fingerprint density at radius 3 is 2.06 bits per heavy atom. The van der Waals surface area contributed by atoms with Gasteiger partial charge in [-0.15, -0.1) is 0 Å². The van der Waals surface area contributed by atoms with Gasteiger partial charge in [0, 0.05) is 6.42 Å². The Morgan fingerprint density at radius 2 is 1.72 bits per heavy atom. The Bertz CT molecular complexity index is 318. The fourth-order valence-electron chi connectivity index (χ4n) is 1.73. The number of hydrogen-bond acceptors (Lipinski definition) is 5. The second-order valence-corrected chi connectivity index (χ2v) is 4.99. The lowest BCUT2D eigenvalue weighted by atomic mass is 9.91. The minimum absolute atomic E-state index is 0.00708. The van der Waals surface area contributed by atoms with Gasteiger partial charge in [0.1, 0.15) is 5.78 Å². The molecule has 0 saturated heterocycles. The standard InChI is InChI=1S/C10H17BrN2O5/c1-8(2)10(12(15)16,13(17)18)6-4-3-5-9(14)7-11/h8H,3-7H2,1-2H3. The minimum atomic E-state index is -2.14. The lowest BCUT2D eigenvalue weighted by molar-refractivity contribution is -0.806. The van der Waals surface area contributed by atoms with Crippen LogP contribution in [0, 0.1) is 26.1 Å². The molecule has 8 heteroatoms. The minimum Gasteiger partial charge on any atom is -0.299 e. The van der Waals surface area contributed by atoms with Gasteiger partial charge < -0.3 is 0 Å². The van der Waals surface area contributed by atoms with Crippen LogP contribution in [0.1, 0.15) is 39.5 Å². The van der Waals surface area contributed by atoms with Gasteiger partial charge in [-0.3, -0.25) is 25.0 Å². The number of Topliss-reactive ketones (excluding diaryl/α,β-unsaturated/α-hetero) is 1. The molecule has 0 atom stereocenters. The molecule has 0 bridgehead atoms. The highest BCUT2D eigenvalue weighted by atomic mass is 79.9. The van der Waals surface area contributed by atoms with Gasteiger partial charge in [-0.2, -0.15) is 0 Å². The van der Waals surface area contributed by atoms with E-state index in [0.717, 1.165) is 0 Å². The molecule has 0 saturated carbocycles. The average molecular weight is 325 g/mol. The van der Waals surface area contributed by atoms with Gasteiger partial charge in [0.2, 0.25) is 0 Å². The van der Waals surface area contributed by atoms with Crippen LogP contribution < -0.4 is 0 Å². The van der Waals surface area contributed by atoms with Crippen LogP contribution in [-0.2, 0) is 4.79 Å². The van der Waals surface area contributed by atoms with Crippen molar-refractivity contribution in [3.63, 3.8) is 0 Å². The third kappa shape index (κ3) is 4.01. The van der Waals surface area contributed by atoms with E-state index in [2.05, 4.69) is 15.9 Å². The number of nitro groups is 2. The third-order valence-corrected chi connectivity index (χ3v) is 3.58. The van der Waals surface area contributed by atoms with E-state index in [-0.39, 0.29) is 24.0 Å². The first-order valence-corrected chi connectivity index (χ1v) is 6.77. The van der Waals surface area contributed by atoms with Crippen molar-refractivity contribution in [2.45, 2.75) is 45.2 Å². The van der Waals surface area contributed by atoms with Crippen LogP contribution in [0.2, 0.25) is 0 Å². The average Bonchev–Trinajstić information content (AvgIpc) is 2.27. The van der Waals surface area contributed by atoms with Gasteiger partial charge in [0.15, 0.2) is 0 Å². The van der Waals surface area contributed by atoms with Crippen LogP contribution in [-0.4, -0.2) is 26.6 Å². The van der Waals surface area contributed by atoms with Crippen molar-refractivity contribution in [2.75, 3.05) is 5.33 Å².